The summed E-state index contributed by atoms with van der Waals surface area (Å²) in [4.78, 5) is 0. The average Bonchev–Trinajstić information content (AvgIpc) is 2.99. The lowest BCUT2D eigenvalue weighted by atomic mass is 10.2. The number of nitrogens with one attached hydrogen (secondary N) is 1. The highest BCUT2D eigenvalue weighted by molar-refractivity contribution is 7.71. The maximum Gasteiger partial charge on any atom is 0.216 e. The Kier molecular flexibility index (Phi) is 5.42. The molecular formula is C18H15ClN4OS. The van der Waals surface area contributed by atoms with Gasteiger partial charge in [-0.1, -0.05) is 48.5 Å². The van der Waals surface area contributed by atoms with Gasteiger partial charge in [-0.05, 0) is 42.0 Å². The van der Waals surface area contributed by atoms with E-state index in [1.807, 2.05) is 42.5 Å². The number of halogens is 1. The monoisotopic (exact) mass is 370 g/mol. The van der Waals surface area contributed by atoms with Crippen LogP contribution in [0.2, 0.25) is 5.02 Å². The van der Waals surface area contributed by atoms with Gasteiger partial charge in [0.1, 0.15) is 12.4 Å². The summed E-state index contributed by atoms with van der Waals surface area (Å²) in [5.74, 6) is 1.29. The molecule has 0 atom stereocenters. The van der Waals surface area contributed by atoms with E-state index < -0.39 is 0 Å². The Hall–Kier alpha value is -2.70. The van der Waals surface area contributed by atoms with Crippen molar-refractivity contribution in [3.63, 3.8) is 0 Å². The van der Waals surface area contributed by atoms with Gasteiger partial charge in [-0.2, -0.15) is 14.9 Å². The first-order chi connectivity index (χ1) is 12.2. The number of rotatable bonds is 6. The van der Waals surface area contributed by atoms with E-state index in [0.717, 1.165) is 16.9 Å². The average molecular weight is 371 g/mol. The number of nitrogens with zero attached hydrogens (tertiary/aromatic N) is 3. The molecule has 0 aliphatic carbocycles. The number of hydrogen-bond donors (Lipinski definition) is 1. The fourth-order valence-electron chi connectivity index (χ4n) is 2.18. The van der Waals surface area contributed by atoms with E-state index >= 15 is 0 Å². The minimum atomic E-state index is 0.380. The Bertz CT molecular complexity index is 977. The molecule has 0 bridgehead atoms. The van der Waals surface area contributed by atoms with Gasteiger partial charge in [-0.15, -0.1) is 0 Å². The first kappa shape index (κ1) is 17.1. The van der Waals surface area contributed by atoms with E-state index in [0.29, 0.717) is 22.2 Å². The van der Waals surface area contributed by atoms with Crippen molar-refractivity contribution in [2.45, 2.75) is 0 Å². The topological polar surface area (TPSA) is 55.2 Å². The van der Waals surface area contributed by atoms with Crippen LogP contribution in [0.3, 0.4) is 0 Å². The number of aromatic nitrogens is 3. The van der Waals surface area contributed by atoms with Gasteiger partial charge in [-0.3, -0.25) is 0 Å². The van der Waals surface area contributed by atoms with Gasteiger partial charge in [0.05, 0.1) is 11.2 Å². The second kappa shape index (κ2) is 7.92. The number of hydrogen-bond acceptors (Lipinski definition) is 4. The zero-order chi connectivity index (χ0) is 17.6. The molecule has 7 heteroatoms. The summed E-state index contributed by atoms with van der Waals surface area (Å²) < 4.78 is 7.44. The molecule has 1 N–H and O–H groups in total. The van der Waals surface area contributed by atoms with Crippen molar-refractivity contribution in [2.24, 2.45) is 5.10 Å². The molecular weight excluding hydrogens is 356 g/mol. The molecule has 3 aromatic rings. The molecule has 25 heavy (non-hydrogen) atoms. The van der Waals surface area contributed by atoms with Gasteiger partial charge < -0.3 is 4.74 Å². The lowest BCUT2D eigenvalue weighted by Crippen LogP contribution is -1.96. The Labute approximate surface area is 155 Å². The standard InChI is InChI=1S/C18H15ClN4OS/c1-2-10-24-14-7-5-6-13(11-14)12-20-23-17(21-22-18(23)25)15-8-3-4-9-16(15)19/h2-9,11-12H,1,10H2,(H,22,25)/b20-12-. The van der Waals surface area contributed by atoms with E-state index in [9.17, 15) is 0 Å². The highest BCUT2D eigenvalue weighted by Gasteiger charge is 2.11. The van der Waals surface area contributed by atoms with E-state index in [1.54, 1.807) is 18.4 Å². The summed E-state index contributed by atoms with van der Waals surface area (Å²) in [6.07, 6.45) is 3.38. The number of H-pyrrole nitrogens is 1. The van der Waals surface area contributed by atoms with Crippen LogP contribution in [0.1, 0.15) is 5.56 Å². The molecule has 0 unspecified atom stereocenters. The van der Waals surface area contributed by atoms with Gasteiger partial charge in [0.2, 0.25) is 4.77 Å². The van der Waals surface area contributed by atoms with Crippen molar-refractivity contribution in [1.82, 2.24) is 14.9 Å². The quantitative estimate of drug-likeness (QED) is 0.388. The summed E-state index contributed by atoms with van der Waals surface area (Å²) >= 11 is 11.5. The minimum Gasteiger partial charge on any atom is -0.490 e. The first-order valence-corrected chi connectivity index (χ1v) is 8.28. The summed E-state index contributed by atoms with van der Waals surface area (Å²) in [5, 5.41) is 12.0. The van der Waals surface area contributed by atoms with Crippen LogP contribution >= 0.6 is 23.8 Å². The lowest BCUT2D eigenvalue weighted by molar-refractivity contribution is 0.363. The molecule has 0 aliphatic rings. The third-order valence-electron chi connectivity index (χ3n) is 3.31. The highest BCUT2D eigenvalue weighted by atomic mass is 35.5. The Morgan fingerprint density at radius 2 is 2.12 bits per heavy atom. The zero-order valence-electron chi connectivity index (χ0n) is 13.2. The van der Waals surface area contributed by atoms with Crippen molar-refractivity contribution in [3.05, 3.63) is 76.5 Å². The largest absolute Gasteiger partial charge is 0.490 e. The van der Waals surface area contributed by atoms with Crippen molar-refractivity contribution < 1.29 is 4.74 Å². The normalized spacial score (nSPS) is 10.9. The Morgan fingerprint density at radius 1 is 1.28 bits per heavy atom. The third-order valence-corrected chi connectivity index (χ3v) is 3.91. The Morgan fingerprint density at radius 3 is 2.92 bits per heavy atom. The summed E-state index contributed by atoms with van der Waals surface area (Å²) in [7, 11) is 0. The molecule has 0 radical (unpaired) electrons. The highest BCUT2D eigenvalue weighted by Crippen LogP contribution is 2.25. The molecule has 1 heterocycles. The van der Waals surface area contributed by atoms with Crippen molar-refractivity contribution >= 4 is 30.0 Å². The maximum atomic E-state index is 6.25. The predicted molar refractivity (Wildman–Crippen MR) is 103 cm³/mol. The molecule has 0 amide bonds. The smallest absolute Gasteiger partial charge is 0.216 e. The zero-order valence-corrected chi connectivity index (χ0v) is 14.8. The molecule has 0 aliphatic heterocycles. The van der Waals surface area contributed by atoms with Crippen LogP contribution < -0.4 is 4.74 Å². The molecule has 0 fully saturated rings. The molecule has 126 valence electrons. The summed E-state index contributed by atoms with van der Waals surface area (Å²) in [6, 6.07) is 15.0. The van der Waals surface area contributed by atoms with Crippen LogP contribution in [0.15, 0.2) is 66.3 Å². The Balaban J connectivity index is 1.93. The third kappa shape index (κ3) is 4.04. The van der Waals surface area contributed by atoms with Gasteiger partial charge in [-0.25, -0.2) is 5.10 Å². The van der Waals surface area contributed by atoms with E-state index in [4.69, 9.17) is 28.6 Å². The number of ether oxygens (including phenoxy) is 1. The van der Waals surface area contributed by atoms with E-state index in [2.05, 4.69) is 21.9 Å². The van der Waals surface area contributed by atoms with Gasteiger partial charge in [0, 0.05) is 5.56 Å². The van der Waals surface area contributed by atoms with Crippen LogP contribution in [0.5, 0.6) is 5.75 Å². The lowest BCUT2D eigenvalue weighted by Gasteiger charge is -2.04. The van der Waals surface area contributed by atoms with Crippen LogP contribution in [0.4, 0.5) is 0 Å². The fraction of sp³-hybridized carbons (Fsp3) is 0.0556. The molecule has 1 aromatic heterocycles. The molecule has 0 saturated heterocycles. The van der Waals surface area contributed by atoms with Crippen LogP contribution in [-0.4, -0.2) is 27.7 Å². The van der Waals surface area contributed by atoms with Gasteiger partial charge in [0.25, 0.3) is 0 Å². The van der Waals surface area contributed by atoms with E-state index in [1.165, 1.54) is 4.68 Å². The van der Waals surface area contributed by atoms with Gasteiger partial charge >= 0.3 is 0 Å². The molecule has 3 rings (SSSR count). The van der Waals surface area contributed by atoms with E-state index in [-0.39, 0.29) is 0 Å². The first-order valence-electron chi connectivity index (χ1n) is 7.49. The van der Waals surface area contributed by atoms with Crippen LogP contribution in [0.25, 0.3) is 11.4 Å². The number of benzene rings is 2. The van der Waals surface area contributed by atoms with Crippen LogP contribution in [-0.2, 0) is 0 Å². The fourth-order valence-corrected chi connectivity index (χ4v) is 2.58. The molecule has 2 aromatic carbocycles. The number of aromatic amines is 1. The summed E-state index contributed by atoms with van der Waals surface area (Å²) in [5.41, 5.74) is 1.62. The summed E-state index contributed by atoms with van der Waals surface area (Å²) in [6.45, 7) is 4.08. The van der Waals surface area contributed by atoms with Crippen molar-refractivity contribution in [1.29, 1.82) is 0 Å². The van der Waals surface area contributed by atoms with Crippen molar-refractivity contribution in [3.8, 4) is 17.1 Å². The minimum absolute atomic E-state index is 0.380. The van der Waals surface area contributed by atoms with Crippen molar-refractivity contribution in [2.75, 3.05) is 6.61 Å². The molecule has 0 saturated carbocycles. The predicted octanol–water partition coefficient (Wildman–Crippen LogP) is 4.71. The second-order valence-electron chi connectivity index (χ2n) is 5.06. The second-order valence-corrected chi connectivity index (χ2v) is 5.85. The van der Waals surface area contributed by atoms with Crippen LogP contribution in [0, 0.1) is 4.77 Å². The SMILES string of the molecule is C=CCOc1cccc(/C=N\n2c(-c3ccccc3Cl)n[nH]c2=S)c1. The molecule has 5 nitrogen and oxygen atoms in total. The maximum absolute atomic E-state index is 6.25. The van der Waals surface area contributed by atoms with Gasteiger partial charge in [0.15, 0.2) is 5.82 Å². The molecule has 0 spiro atoms.